The first-order valence-corrected chi connectivity index (χ1v) is 7.94. The van der Waals surface area contributed by atoms with Crippen molar-refractivity contribution in [2.24, 2.45) is 0 Å². The number of nitrogens with zero attached hydrogens (tertiary/aromatic N) is 3. The van der Waals surface area contributed by atoms with Crippen LogP contribution in [-0.2, 0) is 9.47 Å². The van der Waals surface area contributed by atoms with Crippen molar-refractivity contribution >= 4 is 5.82 Å². The standard InChI is InChI=1S/C15H24N4O3/c1-20-14-11-13(16-4-5-19-6-9-21-10-7-19)17-15(18-14)12-3-2-8-22-12/h11-12H,2-10H2,1H3,(H,16,17,18). The van der Waals surface area contributed by atoms with Gasteiger partial charge in [-0.25, -0.2) is 4.98 Å². The molecule has 2 aliphatic rings. The van der Waals surface area contributed by atoms with E-state index in [-0.39, 0.29) is 6.10 Å². The van der Waals surface area contributed by atoms with E-state index in [0.717, 1.165) is 64.7 Å². The SMILES string of the molecule is COc1cc(NCCN2CCOCC2)nc(C2CCCO2)n1. The van der Waals surface area contributed by atoms with Gasteiger partial charge in [0.15, 0.2) is 5.82 Å². The van der Waals surface area contributed by atoms with E-state index < -0.39 is 0 Å². The van der Waals surface area contributed by atoms with Crippen molar-refractivity contribution in [3.05, 3.63) is 11.9 Å². The number of aromatic nitrogens is 2. The summed E-state index contributed by atoms with van der Waals surface area (Å²) in [5, 5.41) is 3.36. The minimum Gasteiger partial charge on any atom is -0.481 e. The first-order valence-electron chi connectivity index (χ1n) is 7.94. The second-order valence-electron chi connectivity index (χ2n) is 5.54. The van der Waals surface area contributed by atoms with Crippen LogP contribution < -0.4 is 10.1 Å². The zero-order valence-electron chi connectivity index (χ0n) is 13.1. The van der Waals surface area contributed by atoms with E-state index in [1.807, 2.05) is 6.07 Å². The molecule has 22 heavy (non-hydrogen) atoms. The van der Waals surface area contributed by atoms with Gasteiger partial charge in [0.1, 0.15) is 11.9 Å². The molecule has 0 aromatic carbocycles. The highest BCUT2D eigenvalue weighted by atomic mass is 16.5. The van der Waals surface area contributed by atoms with E-state index in [0.29, 0.717) is 11.7 Å². The Bertz CT molecular complexity index is 474. The average Bonchev–Trinajstić information content (AvgIpc) is 3.10. The molecule has 2 aliphatic heterocycles. The van der Waals surface area contributed by atoms with Gasteiger partial charge in [-0.3, -0.25) is 4.90 Å². The molecular weight excluding hydrogens is 284 g/mol. The van der Waals surface area contributed by atoms with E-state index in [1.54, 1.807) is 7.11 Å². The summed E-state index contributed by atoms with van der Waals surface area (Å²) >= 11 is 0. The van der Waals surface area contributed by atoms with Crippen molar-refractivity contribution in [1.82, 2.24) is 14.9 Å². The molecule has 7 heteroatoms. The van der Waals surface area contributed by atoms with Gasteiger partial charge in [0.25, 0.3) is 0 Å². The maximum atomic E-state index is 5.66. The molecule has 2 saturated heterocycles. The second-order valence-corrected chi connectivity index (χ2v) is 5.54. The van der Waals surface area contributed by atoms with E-state index >= 15 is 0 Å². The molecule has 1 N–H and O–H groups in total. The van der Waals surface area contributed by atoms with Crippen LogP contribution in [0, 0.1) is 0 Å². The molecule has 1 aromatic rings. The lowest BCUT2D eigenvalue weighted by atomic mass is 10.2. The predicted molar refractivity (Wildman–Crippen MR) is 82.3 cm³/mol. The molecule has 0 radical (unpaired) electrons. The van der Waals surface area contributed by atoms with E-state index in [2.05, 4.69) is 20.2 Å². The number of methoxy groups -OCH3 is 1. The Labute approximate surface area is 131 Å². The quantitative estimate of drug-likeness (QED) is 0.843. The van der Waals surface area contributed by atoms with E-state index in [1.165, 1.54) is 0 Å². The smallest absolute Gasteiger partial charge is 0.218 e. The minimum absolute atomic E-state index is 0.00473. The summed E-state index contributed by atoms with van der Waals surface area (Å²) in [5.41, 5.74) is 0. The molecule has 0 amide bonds. The molecule has 1 atom stereocenters. The van der Waals surface area contributed by atoms with Crippen LogP contribution in [0.1, 0.15) is 24.8 Å². The average molecular weight is 308 g/mol. The Morgan fingerprint density at radius 3 is 2.91 bits per heavy atom. The Morgan fingerprint density at radius 2 is 2.18 bits per heavy atom. The Kier molecular flexibility index (Phi) is 5.42. The number of nitrogens with one attached hydrogen (secondary N) is 1. The molecule has 0 bridgehead atoms. The fourth-order valence-corrected chi connectivity index (χ4v) is 2.73. The number of anilines is 1. The van der Waals surface area contributed by atoms with Crippen LogP contribution in [-0.4, -0.2) is 68.0 Å². The highest BCUT2D eigenvalue weighted by Gasteiger charge is 2.22. The van der Waals surface area contributed by atoms with Crippen molar-refractivity contribution in [2.45, 2.75) is 18.9 Å². The zero-order valence-corrected chi connectivity index (χ0v) is 13.1. The van der Waals surface area contributed by atoms with E-state index in [9.17, 15) is 0 Å². The van der Waals surface area contributed by atoms with Crippen LogP contribution >= 0.6 is 0 Å². The van der Waals surface area contributed by atoms with Crippen LogP contribution in [0.4, 0.5) is 5.82 Å². The fourth-order valence-electron chi connectivity index (χ4n) is 2.73. The van der Waals surface area contributed by atoms with Crippen LogP contribution in [0.3, 0.4) is 0 Å². The number of rotatable bonds is 6. The lowest BCUT2D eigenvalue weighted by Gasteiger charge is -2.26. The highest BCUT2D eigenvalue weighted by molar-refractivity contribution is 5.38. The van der Waals surface area contributed by atoms with Crippen LogP contribution in [0.15, 0.2) is 6.07 Å². The van der Waals surface area contributed by atoms with Gasteiger partial charge >= 0.3 is 0 Å². The molecule has 3 rings (SSSR count). The lowest BCUT2D eigenvalue weighted by Crippen LogP contribution is -2.39. The van der Waals surface area contributed by atoms with Gasteiger partial charge < -0.3 is 19.5 Å². The minimum atomic E-state index is -0.00473. The number of ether oxygens (including phenoxy) is 3. The largest absolute Gasteiger partial charge is 0.481 e. The van der Waals surface area contributed by atoms with Gasteiger partial charge in [-0.15, -0.1) is 0 Å². The van der Waals surface area contributed by atoms with Gasteiger partial charge in [0, 0.05) is 38.9 Å². The Morgan fingerprint density at radius 1 is 1.32 bits per heavy atom. The molecule has 1 unspecified atom stereocenters. The maximum absolute atomic E-state index is 5.66. The van der Waals surface area contributed by atoms with Crippen molar-refractivity contribution in [2.75, 3.05) is 58.4 Å². The molecular formula is C15H24N4O3. The van der Waals surface area contributed by atoms with Crippen molar-refractivity contribution in [3.63, 3.8) is 0 Å². The van der Waals surface area contributed by atoms with E-state index in [4.69, 9.17) is 14.2 Å². The summed E-state index contributed by atoms with van der Waals surface area (Å²) in [6.45, 7) is 6.24. The van der Waals surface area contributed by atoms with Crippen molar-refractivity contribution in [1.29, 1.82) is 0 Å². The van der Waals surface area contributed by atoms with Crippen LogP contribution in [0.5, 0.6) is 5.88 Å². The molecule has 0 saturated carbocycles. The Balaban J connectivity index is 1.58. The summed E-state index contributed by atoms with van der Waals surface area (Å²) < 4.78 is 16.3. The highest BCUT2D eigenvalue weighted by Crippen LogP contribution is 2.28. The topological polar surface area (TPSA) is 68.7 Å². The number of hydrogen-bond acceptors (Lipinski definition) is 7. The van der Waals surface area contributed by atoms with Gasteiger partial charge in [-0.05, 0) is 12.8 Å². The summed E-state index contributed by atoms with van der Waals surface area (Å²) in [6.07, 6.45) is 2.03. The zero-order chi connectivity index (χ0) is 15.2. The molecule has 1 aromatic heterocycles. The van der Waals surface area contributed by atoms with Gasteiger partial charge in [0.05, 0.1) is 20.3 Å². The molecule has 122 valence electrons. The molecule has 0 aliphatic carbocycles. The summed E-state index contributed by atoms with van der Waals surface area (Å²) in [5.74, 6) is 2.09. The molecule has 0 spiro atoms. The lowest BCUT2D eigenvalue weighted by molar-refractivity contribution is 0.0398. The maximum Gasteiger partial charge on any atom is 0.218 e. The van der Waals surface area contributed by atoms with Gasteiger partial charge in [0.2, 0.25) is 5.88 Å². The summed E-state index contributed by atoms with van der Waals surface area (Å²) in [6, 6.07) is 1.83. The molecule has 7 nitrogen and oxygen atoms in total. The third-order valence-electron chi connectivity index (χ3n) is 3.98. The van der Waals surface area contributed by atoms with Crippen molar-refractivity contribution in [3.8, 4) is 5.88 Å². The first kappa shape index (κ1) is 15.5. The molecule has 3 heterocycles. The normalized spacial score (nSPS) is 22.7. The van der Waals surface area contributed by atoms with Crippen LogP contribution in [0.2, 0.25) is 0 Å². The molecule has 2 fully saturated rings. The predicted octanol–water partition coefficient (Wildman–Crippen LogP) is 1.08. The first-order chi connectivity index (χ1) is 10.8. The third-order valence-corrected chi connectivity index (χ3v) is 3.98. The van der Waals surface area contributed by atoms with Gasteiger partial charge in [-0.2, -0.15) is 4.98 Å². The summed E-state index contributed by atoms with van der Waals surface area (Å²) in [4.78, 5) is 11.4. The Hall–Kier alpha value is -1.44. The van der Waals surface area contributed by atoms with Gasteiger partial charge in [-0.1, -0.05) is 0 Å². The van der Waals surface area contributed by atoms with Crippen molar-refractivity contribution < 1.29 is 14.2 Å². The number of hydrogen-bond donors (Lipinski definition) is 1. The number of morpholine rings is 1. The van der Waals surface area contributed by atoms with Crippen LogP contribution in [0.25, 0.3) is 0 Å². The monoisotopic (exact) mass is 308 g/mol. The fraction of sp³-hybridized carbons (Fsp3) is 0.733. The summed E-state index contributed by atoms with van der Waals surface area (Å²) in [7, 11) is 1.62. The third kappa shape index (κ3) is 4.06. The second kappa shape index (κ2) is 7.71.